The number of aromatic amines is 1. The molecule has 1 saturated heterocycles. The first-order valence-electron chi connectivity index (χ1n) is 7.70. The molecule has 0 radical (unpaired) electrons. The van der Waals surface area contributed by atoms with E-state index in [-0.39, 0.29) is 17.6 Å². The molecule has 0 aliphatic carbocycles. The van der Waals surface area contributed by atoms with E-state index in [0.717, 1.165) is 5.56 Å². The molecule has 126 valence electrons. The number of nitrogens with zero attached hydrogens (tertiary/aromatic N) is 2. The van der Waals surface area contributed by atoms with Crippen molar-refractivity contribution in [2.24, 2.45) is 0 Å². The molecule has 0 bridgehead atoms. The van der Waals surface area contributed by atoms with Gasteiger partial charge in [0.25, 0.3) is 11.5 Å². The molecular formula is C17H18ClN3O3. The monoisotopic (exact) mass is 347 g/mol. The zero-order chi connectivity index (χ0) is 17.3. The lowest BCUT2D eigenvalue weighted by Crippen LogP contribution is -2.44. The van der Waals surface area contributed by atoms with Crippen LogP contribution in [0.4, 0.5) is 0 Å². The van der Waals surface area contributed by atoms with E-state index in [1.165, 1.54) is 0 Å². The van der Waals surface area contributed by atoms with Gasteiger partial charge in [-0.3, -0.25) is 9.59 Å². The molecule has 1 N–H and O–H groups in total. The Labute approximate surface area is 144 Å². The van der Waals surface area contributed by atoms with Crippen molar-refractivity contribution in [3.8, 4) is 0 Å². The second-order valence-electron chi connectivity index (χ2n) is 5.77. The highest BCUT2D eigenvalue weighted by molar-refractivity contribution is 6.31. The molecule has 1 aliphatic heterocycles. The van der Waals surface area contributed by atoms with Crippen molar-refractivity contribution in [3.63, 3.8) is 0 Å². The number of carbonyl (C=O) groups excluding carboxylic acids is 1. The molecule has 24 heavy (non-hydrogen) atoms. The van der Waals surface area contributed by atoms with E-state index in [1.54, 1.807) is 24.8 Å². The molecule has 1 fully saturated rings. The van der Waals surface area contributed by atoms with Crippen LogP contribution in [0.5, 0.6) is 0 Å². The van der Waals surface area contributed by atoms with E-state index < -0.39 is 5.56 Å². The van der Waals surface area contributed by atoms with E-state index in [9.17, 15) is 9.59 Å². The van der Waals surface area contributed by atoms with Crippen molar-refractivity contribution in [2.75, 3.05) is 19.7 Å². The molecule has 3 rings (SSSR count). The molecule has 2 heterocycles. The topological polar surface area (TPSA) is 75.3 Å². The summed E-state index contributed by atoms with van der Waals surface area (Å²) in [7, 11) is 0. The van der Waals surface area contributed by atoms with Crippen molar-refractivity contribution in [1.29, 1.82) is 0 Å². The number of halogens is 1. The largest absolute Gasteiger partial charge is 0.370 e. The second kappa shape index (κ2) is 6.75. The summed E-state index contributed by atoms with van der Waals surface area (Å²) < 4.78 is 5.77. The first-order chi connectivity index (χ1) is 11.5. The third kappa shape index (κ3) is 3.07. The summed E-state index contributed by atoms with van der Waals surface area (Å²) in [5.74, 6) is -0.306. The fourth-order valence-corrected chi connectivity index (χ4v) is 3.06. The van der Waals surface area contributed by atoms with Crippen LogP contribution >= 0.6 is 11.6 Å². The first-order valence-corrected chi connectivity index (χ1v) is 8.08. The van der Waals surface area contributed by atoms with Crippen LogP contribution in [-0.4, -0.2) is 40.7 Å². The van der Waals surface area contributed by atoms with Crippen LogP contribution in [0.1, 0.15) is 33.3 Å². The van der Waals surface area contributed by atoms with Gasteiger partial charge in [-0.25, -0.2) is 5.10 Å². The SMILES string of the molecule is Cc1n[nH]c(=O)c(C(=O)N2CCO[C@@H](c3ccccc3Cl)C2)c1C. The van der Waals surface area contributed by atoms with Gasteiger partial charge in [-0.15, -0.1) is 0 Å². The van der Waals surface area contributed by atoms with Crippen LogP contribution in [0.15, 0.2) is 29.1 Å². The molecule has 0 spiro atoms. The molecule has 2 aromatic rings. The second-order valence-corrected chi connectivity index (χ2v) is 6.18. The third-order valence-electron chi connectivity index (χ3n) is 4.29. The maximum atomic E-state index is 12.8. The lowest BCUT2D eigenvalue weighted by atomic mass is 10.1. The van der Waals surface area contributed by atoms with Gasteiger partial charge in [0.1, 0.15) is 11.7 Å². The van der Waals surface area contributed by atoms with Gasteiger partial charge >= 0.3 is 0 Å². The highest BCUT2D eigenvalue weighted by atomic mass is 35.5. The number of aromatic nitrogens is 2. The van der Waals surface area contributed by atoms with E-state index in [2.05, 4.69) is 10.2 Å². The molecule has 7 heteroatoms. The van der Waals surface area contributed by atoms with Crippen LogP contribution in [0.25, 0.3) is 0 Å². The van der Waals surface area contributed by atoms with Gasteiger partial charge in [-0.1, -0.05) is 29.8 Å². The number of benzene rings is 1. The minimum absolute atomic E-state index is 0.141. The molecular weight excluding hydrogens is 330 g/mol. The standard InChI is InChI=1S/C17H18ClN3O3/c1-10-11(2)19-20-16(22)15(10)17(23)21-7-8-24-14(9-21)12-5-3-4-6-13(12)18/h3-6,14H,7-9H2,1-2H3,(H,20,22)/t14-/m1/s1. The Balaban J connectivity index is 1.88. The normalized spacial score (nSPS) is 17.8. The molecule has 0 unspecified atom stereocenters. The Morgan fingerprint density at radius 2 is 2.12 bits per heavy atom. The number of hydrogen-bond acceptors (Lipinski definition) is 4. The molecule has 0 saturated carbocycles. The molecule has 1 aliphatic rings. The van der Waals surface area contributed by atoms with E-state index in [0.29, 0.717) is 36.0 Å². The fourth-order valence-electron chi connectivity index (χ4n) is 2.80. The minimum atomic E-state index is -0.469. The maximum absolute atomic E-state index is 12.8. The Morgan fingerprint density at radius 3 is 2.88 bits per heavy atom. The van der Waals surface area contributed by atoms with Crippen LogP contribution in [0.2, 0.25) is 5.02 Å². The predicted molar refractivity (Wildman–Crippen MR) is 90.4 cm³/mol. The zero-order valence-electron chi connectivity index (χ0n) is 13.5. The summed E-state index contributed by atoms with van der Waals surface area (Å²) in [5, 5.41) is 6.87. The Bertz CT molecular complexity index is 834. The molecule has 1 aromatic carbocycles. The van der Waals surface area contributed by atoms with Gasteiger partial charge in [-0.2, -0.15) is 5.10 Å². The number of rotatable bonds is 2. The summed E-state index contributed by atoms with van der Waals surface area (Å²) >= 11 is 6.23. The van der Waals surface area contributed by atoms with Crippen molar-refractivity contribution in [2.45, 2.75) is 20.0 Å². The van der Waals surface area contributed by atoms with Gasteiger partial charge < -0.3 is 9.64 Å². The van der Waals surface area contributed by atoms with Crippen LogP contribution < -0.4 is 5.56 Å². The summed E-state index contributed by atoms with van der Waals surface area (Å²) in [5.41, 5.74) is 1.75. The lowest BCUT2D eigenvalue weighted by molar-refractivity contribution is -0.0228. The average Bonchev–Trinajstić information content (AvgIpc) is 2.59. The van der Waals surface area contributed by atoms with E-state index in [4.69, 9.17) is 16.3 Å². The predicted octanol–water partition coefficient (Wildman–Crippen LogP) is 2.25. The van der Waals surface area contributed by atoms with Crippen LogP contribution in [-0.2, 0) is 4.74 Å². The van der Waals surface area contributed by atoms with Gasteiger partial charge in [0.05, 0.1) is 18.8 Å². The first kappa shape index (κ1) is 16.7. The van der Waals surface area contributed by atoms with Gasteiger partial charge in [-0.05, 0) is 25.5 Å². The Hall–Kier alpha value is -2.18. The smallest absolute Gasteiger partial charge is 0.277 e. The van der Waals surface area contributed by atoms with E-state index in [1.807, 2.05) is 18.2 Å². The average molecular weight is 348 g/mol. The number of carbonyl (C=O) groups is 1. The lowest BCUT2D eigenvalue weighted by Gasteiger charge is -2.33. The van der Waals surface area contributed by atoms with Crippen molar-refractivity contribution in [3.05, 3.63) is 62.0 Å². The summed E-state index contributed by atoms with van der Waals surface area (Å²) in [4.78, 5) is 26.5. The van der Waals surface area contributed by atoms with Crippen LogP contribution in [0.3, 0.4) is 0 Å². The number of amides is 1. The summed E-state index contributed by atoms with van der Waals surface area (Å²) in [6, 6.07) is 7.41. The fraction of sp³-hybridized carbons (Fsp3) is 0.353. The van der Waals surface area contributed by atoms with Crippen LogP contribution in [0, 0.1) is 13.8 Å². The highest BCUT2D eigenvalue weighted by Crippen LogP contribution is 2.28. The van der Waals surface area contributed by atoms with Gasteiger partial charge in [0, 0.05) is 17.1 Å². The number of H-pyrrole nitrogens is 1. The van der Waals surface area contributed by atoms with Crippen molar-refractivity contribution < 1.29 is 9.53 Å². The molecule has 1 aromatic heterocycles. The van der Waals surface area contributed by atoms with Gasteiger partial charge in [0.2, 0.25) is 0 Å². The number of aryl methyl sites for hydroxylation is 1. The molecule has 6 nitrogen and oxygen atoms in total. The van der Waals surface area contributed by atoms with Crippen molar-refractivity contribution in [1.82, 2.24) is 15.1 Å². The maximum Gasteiger partial charge on any atom is 0.277 e. The number of nitrogens with one attached hydrogen (secondary N) is 1. The van der Waals surface area contributed by atoms with Gasteiger partial charge in [0.15, 0.2) is 0 Å². The third-order valence-corrected chi connectivity index (χ3v) is 4.63. The minimum Gasteiger partial charge on any atom is -0.370 e. The Kier molecular flexibility index (Phi) is 4.69. The molecule has 1 atom stereocenters. The van der Waals surface area contributed by atoms with E-state index >= 15 is 0 Å². The zero-order valence-corrected chi connectivity index (χ0v) is 14.3. The Morgan fingerprint density at radius 1 is 1.38 bits per heavy atom. The number of ether oxygens (including phenoxy) is 1. The number of hydrogen-bond donors (Lipinski definition) is 1. The quantitative estimate of drug-likeness (QED) is 0.904. The van der Waals surface area contributed by atoms with Crippen molar-refractivity contribution >= 4 is 17.5 Å². The summed E-state index contributed by atoms with van der Waals surface area (Å²) in [6.07, 6.45) is -0.307. The highest BCUT2D eigenvalue weighted by Gasteiger charge is 2.29. The number of morpholine rings is 1. The molecule has 1 amide bonds. The summed E-state index contributed by atoms with van der Waals surface area (Å²) in [6.45, 7) is 4.66.